The molecule has 0 saturated carbocycles. The minimum absolute atomic E-state index is 0.113. The van der Waals surface area contributed by atoms with Gasteiger partial charge in [-0.1, -0.05) is 71.7 Å². The van der Waals surface area contributed by atoms with Gasteiger partial charge in [-0.15, -0.1) is 0 Å². The highest BCUT2D eigenvalue weighted by atomic mass is 79.9. The van der Waals surface area contributed by atoms with Gasteiger partial charge in [-0.3, -0.25) is 4.79 Å². The molecule has 144 valence electrons. The predicted molar refractivity (Wildman–Crippen MR) is 121 cm³/mol. The van der Waals surface area contributed by atoms with Gasteiger partial charge in [-0.25, -0.2) is 5.43 Å². The number of rotatable bonds is 7. The van der Waals surface area contributed by atoms with Gasteiger partial charge in [-0.05, 0) is 56.9 Å². The lowest BCUT2D eigenvalue weighted by Gasteiger charge is -2.10. The summed E-state index contributed by atoms with van der Waals surface area (Å²) in [4.78, 5) is 12.2. The molecule has 0 aliphatic rings. The molecule has 0 bridgehead atoms. The molecule has 3 aromatic rings. The first-order valence-corrected chi connectivity index (χ1v) is 10.6. The Morgan fingerprint density at radius 2 is 1.86 bits per heavy atom. The maximum absolute atomic E-state index is 12.2. The fourth-order valence-electron chi connectivity index (χ4n) is 2.79. The summed E-state index contributed by atoms with van der Waals surface area (Å²) in [5.74, 6) is 0.318. The molecule has 1 amide bonds. The van der Waals surface area contributed by atoms with Crippen LogP contribution in [0.25, 0.3) is 10.8 Å². The second-order valence-electron chi connectivity index (χ2n) is 6.24. The van der Waals surface area contributed by atoms with E-state index in [0.29, 0.717) is 5.75 Å². The van der Waals surface area contributed by atoms with Gasteiger partial charge in [-0.2, -0.15) is 5.10 Å². The number of carbonyl (C=O) groups excluding carboxylic acids is 1. The van der Waals surface area contributed by atoms with Gasteiger partial charge in [0.25, 0.3) is 5.91 Å². The number of hydrogen-bond donors (Lipinski definition) is 1. The molecule has 0 fully saturated rings. The van der Waals surface area contributed by atoms with Crippen LogP contribution in [0.15, 0.2) is 74.7 Å². The normalized spacial score (nSPS) is 11.5. The van der Waals surface area contributed by atoms with Crippen molar-refractivity contribution >= 4 is 54.3 Å². The molecule has 0 saturated heterocycles. The van der Waals surface area contributed by atoms with E-state index in [-0.39, 0.29) is 12.5 Å². The summed E-state index contributed by atoms with van der Waals surface area (Å²) in [6, 6.07) is 19.7. The van der Waals surface area contributed by atoms with Gasteiger partial charge in [0.2, 0.25) is 0 Å². The summed E-state index contributed by atoms with van der Waals surface area (Å²) in [5, 5.41) is 6.40. The van der Waals surface area contributed by atoms with E-state index in [1.807, 2.05) is 60.7 Å². The molecule has 0 radical (unpaired) electrons. The smallest absolute Gasteiger partial charge is 0.277 e. The highest BCUT2D eigenvalue weighted by molar-refractivity contribution is 9.11. The Morgan fingerprint density at radius 1 is 1.07 bits per heavy atom. The molecule has 0 spiro atoms. The molecule has 3 rings (SSSR count). The molecule has 3 aromatic carbocycles. The van der Waals surface area contributed by atoms with Crippen LogP contribution in [0, 0.1) is 0 Å². The highest BCUT2D eigenvalue weighted by Gasteiger charge is 2.10. The van der Waals surface area contributed by atoms with E-state index in [1.165, 1.54) is 0 Å². The van der Waals surface area contributed by atoms with Crippen molar-refractivity contribution in [3.63, 3.8) is 0 Å². The van der Waals surface area contributed by atoms with Crippen LogP contribution in [0.1, 0.15) is 25.3 Å². The van der Waals surface area contributed by atoms with Crippen LogP contribution in [-0.2, 0) is 4.79 Å². The molecule has 0 heterocycles. The SMILES string of the molecule is CCCC(=NNC(=O)COc1ccc2cc(Br)ccc2c1Br)c1ccccc1. The first-order chi connectivity index (χ1) is 13.6. The molecule has 0 aliphatic carbocycles. The van der Waals surface area contributed by atoms with Gasteiger partial charge in [0, 0.05) is 4.47 Å². The second-order valence-corrected chi connectivity index (χ2v) is 7.95. The summed E-state index contributed by atoms with van der Waals surface area (Å²) < 4.78 is 7.53. The van der Waals surface area contributed by atoms with Crippen molar-refractivity contribution in [3.8, 4) is 5.75 Å². The van der Waals surface area contributed by atoms with Gasteiger partial charge >= 0.3 is 0 Å². The minimum atomic E-state index is -0.299. The number of hydrazone groups is 1. The maximum Gasteiger partial charge on any atom is 0.277 e. The van der Waals surface area contributed by atoms with Gasteiger partial charge in [0.15, 0.2) is 6.61 Å². The Bertz CT molecular complexity index is 1000. The number of fused-ring (bicyclic) bond motifs is 1. The van der Waals surface area contributed by atoms with E-state index in [9.17, 15) is 4.79 Å². The van der Waals surface area contributed by atoms with Crippen molar-refractivity contribution in [3.05, 3.63) is 75.2 Å². The van der Waals surface area contributed by atoms with Crippen molar-refractivity contribution in [2.75, 3.05) is 6.61 Å². The zero-order valence-corrected chi connectivity index (χ0v) is 18.6. The number of benzene rings is 3. The number of hydrogen-bond acceptors (Lipinski definition) is 3. The van der Waals surface area contributed by atoms with Gasteiger partial charge < -0.3 is 4.74 Å². The summed E-state index contributed by atoms with van der Waals surface area (Å²) in [5.41, 5.74) is 4.47. The summed E-state index contributed by atoms with van der Waals surface area (Å²) in [7, 11) is 0. The fraction of sp³-hybridized carbons (Fsp3) is 0.182. The zero-order valence-electron chi connectivity index (χ0n) is 15.4. The monoisotopic (exact) mass is 502 g/mol. The Kier molecular flexibility index (Phi) is 7.23. The Labute approximate surface area is 181 Å². The number of ether oxygens (including phenoxy) is 1. The van der Waals surface area contributed by atoms with Crippen LogP contribution in [0.4, 0.5) is 0 Å². The van der Waals surface area contributed by atoms with Crippen molar-refractivity contribution in [2.45, 2.75) is 19.8 Å². The third-order valence-corrected chi connectivity index (χ3v) is 5.46. The number of nitrogens with one attached hydrogen (secondary N) is 1. The first-order valence-electron chi connectivity index (χ1n) is 9.00. The summed E-state index contributed by atoms with van der Waals surface area (Å²) in [6.07, 6.45) is 1.73. The highest BCUT2D eigenvalue weighted by Crippen LogP contribution is 2.34. The molecular weight excluding hydrogens is 484 g/mol. The largest absolute Gasteiger partial charge is 0.483 e. The summed E-state index contributed by atoms with van der Waals surface area (Å²) >= 11 is 7.04. The third-order valence-electron chi connectivity index (χ3n) is 4.15. The molecule has 4 nitrogen and oxygen atoms in total. The number of halogens is 2. The van der Waals surface area contributed by atoms with E-state index >= 15 is 0 Å². The summed E-state index contributed by atoms with van der Waals surface area (Å²) in [6.45, 7) is 1.97. The standard InChI is InChI=1S/C22H20Br2N2O2/c1-2-6-19(15-7-4-3-5-8-15)25-26-21(27)14-28-20-12-9-16-13-17(23)10-11-18(16)22(20)24/h3-5,7-13H,2,6,14H2,1H3,(H,26,27). The molecular formula is C22H20Br2N2O2. The molecule has 0 aliphatic heterocycles. The lowest BCUT2D eigenvalue weighted by molar-refractivity contribution is -0.123. The molecule has 0 atom stereocenters. The Balaban J connectivity index is 1.66. The molecule has 6 heteroatoms. The Hall–Kier alpha value is -2.18. The van der Waals surface area contributed by atoms with Crippen molar-refractivity contribution in [1.29, 1.82) is 0 Å². The van der Waals surface area contributed by atoms with Crippen LogP contribution in [-0.4, -0.2) is 18.2 Å². The van der Waals surface area contributed by atoms with Crippen molar-refractivity contribution in [2.24, 2.45) is 5.10 Å². The number of amides is 1. The minimum Gasteiger partial charge on any atom is -0.483 e. The average Bonchev–Trinajstić information content (AvgIpc) is 2.71. The van der Waals surface area contributed by atoms with Crippen LogP contribution in [0.3, 0.4) is 0 Å². The van der Waals surface area contributed by atoms with Crippen molar-refractivity contribution in [1.82, 2.24) is 5.43 Å². The van der Waals surface area contributed by atoms with Crippen molar-refractivity contribution < 1.29 is 9.53 Å². The van der Waals surface area contributed by atoms with Crippen LogP contribution < -0.4 is 10.2 Å². The van der Waals surface area contributed by atoms with Crippen LogP contribution >= 0.6 is 31.9 Å². The fourth-order valence-corrected chi connectivity index (χ4v) is 3.78. The van der Waals surface area contributed by atoms with E-state index in [1.54, 1.807) is 0 Å². The number of carbonyl (C=O) groups is 1. The predicted octanol–water partition coefficient (Wildman–Crippen LogP) is 6.06. The lowest BCUT2D eigenvalue weighted by atomic mass is 10.1. The van der Waals surface area contributed by atoms with E-state index < -0.39 is 0 Å². The lowest BCUT2D eigenvalue weighted by Crippen LogP contribution is -2.26. The van der Waals surface area contributed by atoms with Gasteiger partial charge in [0.05, 0.1) is 10.2 Å². The van der Waals surface area contributed by atoms with E-state index in [2.05, 4.69) is 49.3 Å². The molecule has 0 aromatic heterocycles. The average molecular weight is 504 g/mol. The second kappa shape index (κ2) is 9.85. The van der Waals surface area contributed by atoms with E-state index in [0.717, 1.165) is 43.8 Å². The molecule has 0 unspecified atom stereocenters. The van der Waals surface area contributed by atoms with Gasteiger partial charge in [0.1, 0.15) is 5.75 Å². The third kappa shape index (κ3) is 5.20. The number of nitrogens with zero attached hydrogens (tertiary/aromatic N) is 1. The van der Waals surface area contributed by atoms with Crippen LogP contribution in [0.5, 0.6) is 5.75 Å². The quantitative estimate of drug-likeness (QED) is 0.314. The van der Waals surface area contributed by atoms with E-state index in [4.69, 9.17) is 4.74 Å². The molecule has 1 N–H and O–H groups in total. The molecule has 28 heavy (non-hydrogen) atoms. The zero-order chi connectivity index (χ0) is 19.9. The Morgan fingerprint density at radius 3 is 2.61 bits per heavy atom. The first kappa shape index (κ1) is 20.6. The maximum atomic E-state index is 12.2. The van der Waals surface area contributed by atoms with Crippen LogP contribution in [0.2, 0.25) is 0 Å². The topological polar surface area (TPSA) is 50.7 Å².